The van der Waals surface area contributed by atoms with Crippen LogP contribution in [0.2, 0.25) is 17.7 Å². The number of carboxylic acid groups (broad SMARTS) is 1. The summed E-state index contributed by atoms with van der Waals surface area (Å²) in [6, 6.07) is 11.3. The second kappa shape index (κ2) is 39.5. The van der Waals surface area contributed by atoms with Crippen LogP contribution in [-0.2, 0) is 75.6 Å². The number of ether oxygens (including phenoxy) is 2. The molecule has 0 aliphatic carbocycles. The number of hydrogen-bond acceptors (Lipinski definition) is 11. The van der Waals surface area contributed by atoms with Crippen LogP contribution in [0.5, 0.6) is 0 Å². The standard InChI is InChI=1S/C13H15BrO2.C11H13BO4.C10H10BrIO2.3C4H9.C3H5.2CO2.Sn/c1-4-5-12-9(2)6-7-11(13(12)14)8-16-10(3)15;1-2-3-8-9(11(13)14)5-4-7-6-16-12(15)10(7)8;1-6-3-4-8(5-14-7(2)13)9(11)10(6)12;3*1-3-4-2;1-3-2;2*2-1-3;/h4,6-7H,1,5,8H2,2-3H3;4-5,15H,2-3,6H2,1H3,(H,13,14);3-4H,5H2,1-2H3;3*1,3-4H2,2H3;3H,1-2H2;;;. The summed E-state index contributed by atoms with van der Waals surface area (Å²) in [5.41, 5.74) is 8.11. The zero-order chi connectivity index (χ0) is 52.2. The first-order valence-electron chi connectivity index (χ1n) is 22.7. The van der Waals surface area contributed by atoms with Gasteiger partial charge in [-0.1, -0.05) is 65.7 Å². The van der Waals surface area contributed by atoms with Crippen LogP contribution >= 0.6 is 54.5 Å². The Morgan fingerprint density at radius 2 is 1.24 bits per heavy atom. The Bertz CT molecular complexity index is 2070. The van der Waals surface area contributed by atoms with Gasteiger partial charge in [-0.15, -0.1) is 6.58 Å². The first-order chi connectivity index (χ1) is 32.3. The van der Waals surface area contributed by atoms with E-state index in [-0.39, 0.29) is 29.8 Å². The molecule has 17 heteroatoms. The predicted octanol–water partition coefficient (Wildman–Crippen LogP) is 12.4. The summed E-state index contributed by atoms with van der Waals surface area (Å²) in [4.78, 5) is 65.0. The van der Waals surface area contributed by atoms with Gasteiger partial charge >= 0.3 is 145 Å². The van der Waals surface area contributed by atoms with Crippen molar-refractivity contribution in [3.8, 4) is 0 Å². The van der Waals surface area contributed by atoms with Crippen molar-refractivity contribution in [3.63, 3.8) is 0 Å². The molecular formula is C51H70BBr2IO12Sn. The molecule has 68 heavy (non-hydrogen) atoms. The molecule has 0 unspecified atom stereocenters. The zero-order valence-electron chi connectivity index (χ0n) is 41.0. The minimum Gasteiger partial charge on any atom is -0.478 e. The van der Waals surface area contributed by atoms with Crippen molar-refractivity contribution in [3.05, 3.63) is 119 Å². The molecule has 0 saturated heterocycles. The van der Waals surface area contributed by atoms with Gasteiger partial charge in [0, 0.05) is 37.5 Å². The summed E-state index contributed by atoms with van der Waals surface area (Å²) < 4.78 is 24.5. The Labute approximate surface area is 439 Å². The average Bonchev–Trinajstić information content (AvgIpc) is 3.68. The minimum absolute atomic E-state index is 0.250. The normalized spacial score (nSPS) is 10.7. The monoisotopic (exact) mass is 1290 g/mol. The Morgan fingerprint density at radius 3 is 1.65 bits per heavy atom. The summed E-state index contributed by atoms with van der Waals surface area (Å²) in [5, 5.41) is 18.8. The van der Waals surface area contributed by atoms with Crippen molar-refractivity contribution >= 4 is 116 Å². The minimum atomic E-state index is -1.78. The third-order valence-corrected chi connectivity index (χ3v) is 30.1. The summed E-state index contributed by atoms with van der Waals surface area (Å²) in [6.45, 7) is 24.7. The van der Waals surface area contributed by atoms with Crippen LogP contribution in [0.1, 0.15) is 136 Å². The molecule has 374 valence electrons. The number of carboxylic acids is 1. The maximum atomic E-state index is 11.1. The van der Waals surface area contributed by atoms with Gasteiger partial charge in [-0.05, 0) is 105 Å². The Morgan fingerprint density at radius 1 is 0.765 bits per heavy atom. The van der Waals surface area contributed by atoms with Crippen molar-refractivity contribution in [2.45, 2.75) is 151 Å². The van der Waals surface area contributed by atoms with E-state index < -0.39 is 31.5 Å². The summed E-state index contributed by atoms with van der Waals surface area (Å²) in [5.74, 6) is -1.48. The quantitative estimate of drug-likeness (QED) is 0.0472. The van der Waals surface area contributed by atoms with Gasteiger partial charge in [-0.2, -0.15) is 19.2 Å². The van der Waals surface area contributed by atoms with Crippen LogP contribution in [0.15, 0.2) is 70.7 Å². The van der Waals surface area contributed by atoms with E-state index >= 15 is 0 Å². The Hall–Kier alpha value is -3.22. The van der Waals surface area contributed by atoms with Crippen LogP contribution in [0.25, 0.3) is 0 Å². The number of allylic oxidation sites excluding steroid dienone is 2. The SMILES string of the molecule is C=CCc1c(C)ccc(COC(C)=O)c1Br.C=C[CH2][Sn]([CH2]CCC)([CH2]CCC)[CH2]CCC.CC(=O)OCc1ccc(C)c(I)c1Br.CCCc1c(C(=O)O)ccc2c1B(O)OC2.O=C=O.O=C=O. The molecule has 0 fully saturated rings. The molecule has 1 aliphatic heterocycles. The Kier molecular flexibility index (Phi) is 38.8. The molecule has 1 heterocycles. The van der Waals surface area contributed by atoms with Crippen molar-refractivity contribution in [1.82, 2.24) is 0 Å². The molecule has 4 rings (SSSR count). The van der Waals surface area contributed by atoms with Gasteiger partial charge < -0.3 is 24.3 Å². The molecule has 1 aliphatic rings. The second-order valence-corrected chi connectivity index (χ2v) is 32.6. The van der Waals surface area contributed by atoms with Crippen LogP contribution in [0.3, 0.4) is 0 Å². The number of aromatic carboxylic acids is 1. The predicted molar refractivity (Wildman–Crippen MR) is 285 cm³/mol. The number of unbranched alkanes of at least 4 members (excludes halogenated alkanes) is 3. The number of carbonyl (C=O) groups is 3. The first-order valence-corrected chi connectivity index (χ1v) is 33.4. The molecule has 0 saturated carbocycles. The fraction of sp³-hybridized carbons (Fsp3) is 0.471. The summed E-state index contributed by atoms with van der Waals surface area (Å²) in [7, 11) is -0.976. The van der Waals surface area contributed by atoms with E-state index in [9.17, 15) is 19.4 Å². The summed E-state index contributed by atoms with van der Waals surface area (Å²) >= 11 is 7.51. The number of halogens is 3. The number of benzene rings is 3. The van der Waals surface area contributed by atoms with Crippen molar-refractivity contribution in [2.24, 2.45) is 0 Å². The number of fused-ring (bicyclic) bond motifs is 1. The van der Waals surface area contributed by atoms with E-state index in [1.807, 2.05) is 44.2 Å². The maximum Gasteiger partial charge on any atom is 0.492 e. The van der Waals surface area contributed by atoms with Gasteiger partial charge in [0.25, 0.3) is 0 Å². The molecule has 3 aromatic carbocycles. The van der Waals surface area contributed by atoms with Crippen LogP contribution in [0, 0.1) is 17.4 Å². The largest absolute Gasteiger partial charge is 0.492 e. The van der Waals surface area contributed by atoms with Gasteiger partial charge in [0.15, 0.2) is 0 Å². The van der Waals surface area contributed by atoms with E-state index in [1.165, 1.54) is 73.5 Å². The van der Waals surface area contributed by atoms with Gasteiger partial charge in [0.2, 0.25) is 0 Å². The molecule has 2 N–H and O–H groups in total. The molecular weight excluding hydrogens is 1220 g/mol. The smallest absolute Gasteiger partial charge is 0.478 e. The number of hydrogen-bond donors (Lipinski definition) is 2. The Balaban J connectivity index is 0. The first kappa shape index (κ1) is 66.9. The van der Waals surface area contributed by atoms with E-state index in [0.717, 1.165) is 42.0 Å². The third-order valence-electron chi connectivity index (χ3n) is 10.7. The van der Waals surface area contributed by atoms with Crippen LogP contribution in [0.4, 0.5) is 0 Å². The van der Waals surface area contributed by atoms with Crippen molar-refractivity contribution in [2.75, 3.05) is 0 Å². The average molecular weight is 1290 g/mol. The second-order valence-electron chi connectivity index (χ2n) is 15.9. The number of carbonyl (C=O) groups excluding carboxylic acids is 6. The van der Waals surface area contributed by atoms with Gasteiger partial charge in [-0.3, -0.25) is 9.59 Å². The number of rotatable bonds is 20. The topological polar surface area (TPSA) is 188 Å². The summed E-state index contributed by atoms with van der Waals surface area (Å²) in [6.07, 6.45) is 15.5. The van der Waals surface area contributed by atoms with Crippen LogP contribution < -0.4 is 5.46 Å². The van der Waals surface area contributed by atoms with Crippen molar-refractivity contribution < 1.29 is 57.8 Å². The van der Waals surface area contributed by atoms with Gasteiger partial charge in [0.05, 0.1) is 12.2 Å². The fourth-order valence-corrected chi connectivity index (χ4v) is 24.1. The molecule has 3 aromatic rings. The van der Waals surface area contributed by atoms with Crippen molar-refractivity contribution in [1.29, 1.82) is 0 Å². The molecule has 0 radical (unpaired) electrons. The van der Waals surface area contributed by atoms with Gasteiger partial charge in [-0.25, -0.2) is 4.79 Å². The molecule has 0 amide bonds. The number of aryl methyl sites for hydroxylation is 2. The van der Waals surface area contributed by atoms with E-state index in [4.69, 9.17) is 38.4 Å². The van der Waals surface area contributed by atoms with E-state index in [0.29, 0.717) is 37.3 Å². The maximum absolute atomic E-state index is 11.1. The molecule has 12 nitrogen and oxygen atoms in total. The molecule has 0 spiro atoms. The number of esters is 2. The molecule has 0 atom stereocenters. The molecule has 0 aromatic heterocycles. The third kappa shape index (κ3) is 26.1. The van der Waals surface area contributed by atoms with Gasteiger partial charge in [0.1, 0.15) is 13.2 Å². The van der Waals surface area contributed by atoms with Crippen LogP contribution in [-0.4, -0.2) is 65.8 Å². The van der Waals surface area contributed by atoms with E-state index in [2.05, 4.69) is 101 Å². The molecule has 0 bridgehead atoms. The zero-order valence-corrected chi connectivity index (χ0v) is 49.2. The fourth-order valence-electron chi connectivity index (χ4n) is 7.19. The van der Waals surface area contributed by atoms with E-state index in [1.54, 1.807) is 25.4 Å².